The lowest BCUT2D eigenvalue weighted by Gasteiger charge is -2.02. The second-order valence-electron chi connectivity index (χ2n) is 2.40. The number of benzene rings is 1. The number of hydrogen-bond donors (Lipinski definition) is 0. The summed E-state index contributed by atoms with van der Waals surface area (Å²) >= 11 is 0. The van der Waals surface area contributed by atoms with Gasteiger partial charge in [-0.25, -0.2) is 0 Å². The van der Waals surface area contributed by atoms with Gasteiger partial charge in [0.1, 0.15) is 5.75 Å². The maximum Gasteiger partial charge on any atom is 0.239 e. The molecular formula is C11H10O2. The maximum atomic E-state index is 11.4. The van der Waals surface area contributed by atoms with Gasteiger partial charge in [0.15, 0.2) is 0 Å². The Bertz CT molecular complexity index is 369. The van der Waals surface area contributed by atoms with E-state index < -0.39 is 0 Å². The SMILES string of the molecule is CC#CC(=O)c1ccccc1OC. The molecule has 0 aliphatic rings. The molecule has 1 aromatic rings. The molecule has 0 spiro atoms. The van der Waals surface area contributed by atoms with Crippen molar-refractivity contribution in [2.75, 3.05) is 7.11 Å². The maximum absolute atomic E-state index is 11.4. The van der Waals surface area contributed by atoms with Crippen LogP contribution in [0.25, 0.3) is 0 Å². The van der Waals surface area contributed by atoms with Crippen LogP contribution in [-0.4, -0.2) is 12.9 Å². The highest BCUT2D eigenvalue weighted by molar-refractivity contribution is 6.10. The Morgan fingerprint density at radius 3 is 2.69 bits per heavy atom. The molecule has 13 heavy (non-hydrogen) atoms. The summed E-state index contributed by atoms with van der Waals surface area (Å²) in [5.41, 5.74) is 0.513. The zero-order valence-electron chi connectivity index (χ0n) is 7.63. The molecular weight excluding hydrogens is 164 g/mol. The van der Waals surface area contributed by atoms with Crippen LogP contribution in [0.5, 0.6) is 5.75 Å². The van der Waals surface area contributed by atoms with Crippen molar-refractivity contribution in [2.45, 2.75) is 6.92 Å². The highest BCUT2D eigenvalue weighted by Gasteiger charge is 2.07. The minimum absolute atomic E-state index is 0.208. The Balaban J connectivity index is 3.10. The predicted octanol–water partition coefficient (Wildman–Crippen LogP) is 1.90. The molecule has 66 valence electrons. The summed E-state index contributed by atoms with van der Waals surface area (Å²) in [6, 6.07) is 7.04. The van der Waals surface area contributed by atoms with Crippen molar-refractivity contribution in [3.63, 3.8) is 0 Å². The highest BCUT2D eigenvalue weighted by atomic mass is 16.5. The number of methoxy groups -OCH3 is 1. The molecule has 0 saturated carbocycles. The van der Waals surface area contributed by atoms with Gasteiger partial charge in [-0.1, -0.05) is 18.1 Å². The van der Waals surface area contributed by atoms with Crippen molar-refractivity contribution in [3.05, 3.63) is 29.8 Å². The van der Waals surface area contributed by atoms with E-state index in [1.54, 1.807) is 25.1 Å². The summed E-state index contributed by atoms with van der Waals surface area (Å²) in [5.74, 6) is 5.39. The number of carbonyl (C=O) groups excluding carboxylic acids is 1. The van der Waals surface area contributed by atoms with Gasteiger partial charge in [0.05, 0.1) is 12.7 Å². The summed E-state index contributed by atoms with van der Waals surface area (Å²) in [7, 11) is 1.53. The first kappa shape index (κ1) is 9.34. The lowest BCUT2D eigenvalue weighted by Crippen LogP contribution is -1.98. The Morgan fingerprint density at radius 2 is 2.08 bits per heavy atom. The monoisotopic (exact) mass is 174 g/mol. The molecule has 0 saturated heterocycles. The smallest absolute Gasteiger partial charge is 0.239 e. The number of ketones is 1. The van der Waals surface area contributed by atoms with Crippen molar-refractivity contribution in [1.82, 2.24) is 0 Å². The molecule has 2 nitrogen and oxygen atoms in total. The minimum atomic E-state index is -0.208. The molecule has 0 aliphatic heterocycles. The molecule has 0 fully saturated rings. The molecule has 0 bridgehead atoms. The lowest BCUT2D eigenvalue weighted by atomic mass is 10.1. The van der Waals surface area contributed by atoms with E-state index in [4.69, 9.17) is 4.74 Å². The number of ether oxygens (including phenoxy) is 1. The molecule has 0 radical (unpaired) electrons. The summed E-state index contributed by atoms with van der Waals surface area (Å²) in [6.07, 6.45) is 0. The number of Topliss-reactive ketones (excluding diaryl/α,β-unsaturated/α-hetero) is 1. The summed E-state index contributed by atoms with van der Waals surface area (Å²) in [4.78, 5) is 11.4. The normalized spacial score (nSPS) is 8.46. The fourth-order valence-electron chi connectivity index (χ4n) is 1.01. The van der Waals surface area contributed by atoms with E-state index in [2.05, 4.69) is 11.8 Å². The topological polar surface area (TPSA) is 26.3 Å². The molecule has 0 aliphatic carbocycles. The van der Waals surface area contributed by atoms with Crippen LogP contribution in [0, 0.1) is 11.8 Å². The van der Waals surface area contributed by atoms with Crippen LogP contribution >= 0.6 is 0 Å². The van der Waals surface area contributed by atoms with Gasteiger partial charge < -0.3 is 4.74 Å². The van der Waals surface area contributed by atoms with Crippen LogP contribution in [0.3, 0.4) is 0 Å². The number of para-hydroxylation sites is 1. The molecule has 1 rings (SSSR count). The summed E-state index contributed by atoms with van der Waals surface area (Å²) < 4.78 is 5.02. The van der Waals surface area contributed by atoms with Gasteiger partial charge in [-0.15, -0.1) is 0 Å². The Hall–Kier alpha value is -1.75. The summed E-state index contributed by atoms with van der Waals surface area (Å²) in [6.45, 7) is 1.63. The number of rotatable bonds is 2. The van der Waals surface area contributed by atoms with E-state index >= 15 is 0 Å². The van der Waals surface area contributed by atoms with Crippen LogP contribution in [0.2, 0.25) is 0 Å². The minimum Gasteiger partial charge on any atom is -0.496 e. The first-order valence-electron chi connectivity index (χ1n) is 3.89. The zero-order valence-corrected chi connectivity index (χ0v) is 7.63. The highest BCUT2D eigenvalue weighted by Crippen LogP contribution is 2.17. The fraction of sp³-hybridized carbons (Fsp3) is 0.182. The Kier molecular flexibility index (Phi) is 3.10. The Labute approximate surface area is 77.5 Å². The van der Waals surface area contributed by atoms with Gasteiger partial charge in [-0.05, 0) is 25.0 Å². The third-order valence-corrected chi connectivity index (χ3v) is 1.59. The van der Waals surface area contributed by atoms with Crippen molar-refractivity contribution in [2.24, 2.45) is 0 Å². The van der Waals surface area contributed by atoms with E-state index in [9.17, 15) is 4.79 Å². The van der Waals surface area contributed by atoms with E-state index in [0.29, 0.717) is 11.3 Å². The average molecular weight is 174 g/mol. The van der Waals surface area contributed by atoms with Gasteiger partial charge in [-0.3, -0.25) is 4.79 Å². The van der Waals surface area contributed by atoms with Crippen LogP contribution in [0.1, 0.15) is 17.3 Å². The lowest BCUT2D eigenvalue weighted by molar-refractivity contribution is 0.105. The standard InChI is InChI=1S/C11H10O2/c1-3-6-10(12)9-7-4-5-8-11(9)13-2/h4-5,7-8H,1-2H3. The second kappa shape index (κ2) is 4.32. The van der Waals surface area contributed by atoms with E-state index in [1.165, 1.54) is 7.11 Å². The zero-order chi connectivity index (χ0) is 9.68. The molecule has 1 aromatic carbocycles. The Morgan fingerprint density at radius 1 is 1.38 bits per heavy atom. The van der Waals surface area contributed by atoms with E-state index in [1.807, 2.05) is 6.07 Å². The second-order valence-corrected chi connectivity index (χ2v) is 2.40. The molecule has 0 N–H and O–H groups in total. The van der Waals surface area contributed by atoms with Crippen molar-refractivity contribution < 1.29 is 9.53 Å². The van der Waals surface area contributed by atoms with Crippen LogP contribution in [-0.2, 0) is 0 Å². The van der Waals surface area contributed by atoms with Crippen molar-refractivity contribution >= 4 is 5.78 Å². The first-order valence-corrected chi connectivity index (χ1v) is 3.89. The largest absolute Gasteiger partial charge is 0.496 e. The molecule has 2 heteroatoms. The van der Waals surface area contributed by atoms with Gasteiger partial charge in [0, 0.05) is 0 Å². The van der Waals surface area contributed by atoms with Crippen molar-refractivity contribution in [3.8, 4) is 17.6 Å². The van der Waals surface area contributed by atoms with Crippen molar-refractivity contribution in [1.29, 1.82) is 0 Å². The molecule has 0 atom stereocenters. The number of hydrogen-bond acceptors (Lipinski definition) is 2. The fourth-order valence-corrected chi connectivity index (χ4v) is 1.01. The van der Waals surface area contributed by atoms with Crippen LogP contribution in [0.15, 0.2) is 24.3 Å². The van der Waals surface area contributed by atoms with E-state index in [-0.39, 0.29) is 5.78 Å². The van der Waals surface area contributed by atoms with Crippen LogP contribution in [0.4, 0.5) is 0 Å². The molecule has 0 unspecified atom stereocenters. The molecule has 0 heterocycles. The predicted molar refractivity (Wildman–Crippen MR) is 50.8 cm³/mol. The van der Waals surface area contributed by atoms with Gasteiger partial charge in [0.25, 0.3) is 0 Å². The van der Waals surface area contributed by atoms with Crippen LogP contribution < -0.4 is 4.74 Å². The number of carbonyl (C=O) groups is 1. The quantitative estimate of drug-likeness (QED) is 0.389. The third-order valence-electron chi connectivity index (χ3n) is 1.59. The summed E-state index contributed by atoms with van der Waals surface area (Å²) in [5, 5.41) is 0. The van der Waals surface area contributed by atoms with Gasteiger partial charge >= 0.3 is 0 Å². The third kappa shape index (κ3) is 2.09. The van der Waals surface area contributed by atoms with E-state index in [0.717, 1.165) is 0 Å². The van der Waals surface area contributed by atoms with Gasteiger partial charge in [0.2, 0.25) is 5.78 Å². The molecule has 0 aromatic heterocycles. The van der Waals surface area contributed by atoms with Gasteiger partial charge in [-0.2, -0.15) is 0 Å². The molecule has 0 amide bonds. The first-order chi connectivity index (χ1) is 6.29. The average Bonchev–Trinajstić information content (AvgIpc) is 2.18.